The average molecular weight is 533 g/mol. The van der Waals surface area contributed by atoms with E-state index >= 15 is 0 Å². The number of benzene rings is 2. The second-order valence-corrected chi connectivity index (χ2v) is 10.1. The number of likely N-dealkylation sites (tertiary alicyclic amines) is 1. The summed E-state index contributed by atoms with van der Waals surface area (Å²) in [7, 11) is 0. The molecule has 4 rings (SSSR count). The van der Waals surface area contributed by atoms with Gasteiger partial charge in [-0.3, -0.25) is 34.7 Å². The number of hydrogen-bond acceptors (Lipinski definition) is 8. The van der Waals surface area contributed by atoms with Gasteiger partial charge in [0.1, 0.15) is 5.54 Å². The molecule has 2 aromatic rings. The lowest BCUT2D eigenvalue weighted by molar-refractivity contribution is -0.385. The molecule has 10 nitrogen and oxygen atoms in total. The van der Waals surface area contributed by atoms with E-state index in [1.165, 1.54) is 30.0 Å². The number of rotatable bonds is 10. The van der Waals surface area contributed by atoms with Gasteiger partial charge in [-0.15, -0.1) is 0 Å². The van der Waals surface area contributed by atoms with Gasteiger partial charge in [0, 0.05) is 35.4 Å². The van der Waals surface area contributed by atoms with Crippen molar-refractivity contribution in [3.8, 4) is 0 Å². The maximum absolute atomic E-state index is 13.6. The fraction of sp³-hybridized carbons (Fsp3) is 0.375. The summed E-state index contributed by atoms with van der Waals surface area (Å²) in [5.74, 6) is -4.35. The maximum atomic E-state index is 13.6. The second kappa shape index (κ2) is 10.5. The summed E-state index contributed by atoms with van der Waals surface area (Å²) in [6.45, 7) is 0.295. The summed E-state index contributed by atoms with van der Waals surface area (Å²) >= 11 is 7.55. The molecule has 4 atom stereocenters. The number of amides is 2. The van der Waals surface area contributed by atoms with Crippen molar-refractivity contribution >= 4 is 52.5 Å². The number of nitro groups is 1. The molecule has 3 N–H and O–H groups in total. The Morgan fingerprint density at radius 1 is 1.25 bits per heavy atom. The largest absolute Gasteiger partial charge is 0.480 e. The van der Waals surface area contributed by atoms with Crippen LogP contribution in [0.2, 0.25) is 5.02 Å². The summed E-state index contributed by atoms with van der Waals surface area (Å²) in [6, 6.07) is 12.1. The summed E-state index contributed by atoms with van der Waals surface area (Å²) < 4.78 is 0. The zero-order valence-electron chi connectivity index (χ0n) is 19.3. The van der Waals surface area contributed by atoms with Crippen LogP contribution in [0.1, 0.15) is 18.0 Å². The predicted molar refractivity (Wildman–Crippen MR) is 136 cm³/mol. The minimum absolute atomic E-state index is 0.0299. The fourth-order valence-corrected chi connectivity index (χ4v) is 5.86. The number of hydrogen-bond donors (Lipinski definition) is 3. The number of carbonyl (C=O) groups excluding carboxylic acids is 2. The number of anilines is 1. The third-order valence-electron chi connectivity index (χ3n) is 6.79. The van der Waals surface area contributed by atoms with Crippen LogP contribution in [0, 0.1) is 22.0 Å². The molecule has 2 heterocycles. The smallest absolute Gasteiger partial charge is 0.324 e. The zero-order valence-corrected chi connectivity index (χ0v) is 20.9. The van der Waals surface area contributed by atoms with Crippen LogP contribution in [0.3, 0.4) is 0 Å². The summed E-state index contributed by atoms with van der Waals surface area (Å²) in [5, 5.41) is 28.4. The Kier molecular flexibility index (Phi) is 7.53. The molecule has 0 spiro atoms. The highest BCUT2D eigenvalue weighted by atomic mass is 35.5. The van der Waals surface area contributed by atoms with Gasteiger partial charge < -0.3 is 10.4 Å². The normalized spacial score (nSPS) is 25.2. The molecule has 2 aromatic carbocycles. The lowest BCUT2D eigenvalue weighted by Gasteiger charge is -2.31. The highest BCUT2D eigenvalue weighted by molar-refractivity contribution is 7.98. The topological polar surface area (TPSA) is 142 Å². The van der Waals surface area contributed by atoms with Crippen molar-refractivity contribution in [1.82, 2.24) is 10.2 Å². The minimum Gasteiger partial charge on any atom is -0.480 e. The number of aliphatic carboxylic acids is 1. The van der Waals surface area contributed by atoms with Crippen LogP contribution in [0.5, 0.6) is 0 Å². The van der Waals surface area contributed by atoms with Gasteiger partial charge in [-0.2, -0.15) is 11.8 Å². The molecule has 12 heteroatoms. The Bertz CT molecular complexity index is 1200. The number of carboxylic acid groups (broad SMARTS) is 1. The van der Waals surface area contributed by atoms with Crippen molar-refractivity contribution in [3.05, 3.63) is 69.2 Å². The first-order valence-electron chi connectivity index (χ1n) is 11.3. The Morgan fingerprint density at radius 3 is 2.61 bits per heavy atom. The van der Waals surface area contributed by atoms with Gasteiger partial charge in [-0.1, -0.05) is 29.8 Å². The SMILES string of the molecule is CSCCC1(C(=O)O)NC(c2cc(Cl)ccc2[N+](=O)[O-])C2C(=O)N(CCNc3ccccc3)C(=O)C21. The second-order valence-electron chi connectivity index (χ2n) is 8.73. The van der Waals surface area contributed by atoms with Gasteiger partial charge in [0.2, 0.25) is 11.8 Å². The quantitative estimate of drug-likeness (QED) is 0.239. The molecule has 0 saturated carbocycles. The van der Waals surface area contributed by atoms with Gasteiger partial charge in [0.05, 0.1) is 22.8 Å². The van der Waals surface area contributed by atoms with Gasteiger partial charge in [-0.25, -0.2) is 0 Å². The molecule has 4 unspecified atom stereocenters. The number of thioether (sulfide) groups is 1. The monoisotopic (exact) mass is 532 g/mol. The summed E-state index contributed by atoms with van der Waals surface area (Å²) in [6.07, 6.45) is 1.87. The molecule has 2 saturated heterocycles. The van der Waals surface area contributed by atoms with Gasteiger partial charge in [0.15, 0.2) is 0 Å². The molecule has 2 amide bonds. The van der Waals surface area contributed by atoms with Crippen molar-refractivity contribution in [1.29, 1.82) is 0 Å². The van der Waals surface area contributed by atoms with E-state index in [1.54, 1.807) is 0 Å². The number of carbonyl (C=O) groups is 3. The lowest BCUT2D eigenvalue weighted by Crippen LogP contribution is -2.56. The van der Waals surface area contributed by atoms with Crippen LogP contribution < -0.4 is 10.6 Å². The van der Waals surface area contributed by atoms with Crippen LogP contribution >= 0.6 is 23.4 Å². The molecule has 2 aliphatic heterocycles. The van der Waals surface area contributed by atoms with Crippen molar-refractivity contribution in [2.75, 3.05) is 30.4 Å². The highest BCUT2D eigenvalue weighted by Gasteiger charge is 2.68. The molecule has 0 aromatic heterocycles. The molecule has 0 aliphatic carbocycles. The third-order valence-corrected chi connectivity index (χ3v) is 7.63. The number of carboxylic acids is 1. The Labute approximate surface area is 216 Å². The number of nitrogens with zero attached hydrogens (tertiary/aromatic N) is 2. The number of fused-ring (bicyclic) bond motifs is 1. The third kappa shape index (κ3) is 4.54. The maximum Gasteiger partial charge on any atom is 0.324 e. The van der Waals surface area contributed by atoms with Crippen molar-refractivity contribution in [2.24, 2.45) is 11.8 Å². The van der Waals surface area contributed by atoms with E-state index in [1.807, 2.05) is 36.6 Å². The predicted octanol–water partition coefficient (Wildman–Crippen LogP) is 3.18. The molecule has 0 radical (unpaired) electrons. The number of imide groups is 1. The molecule has 2 aliphatic rings. The molecule has 0 bridgehead atoms. The fourth-order valence-electron chi connectivity index (χ4n) is 5.15. The van der Waals surface area contributed by atoms with Gasteiger partial charge in [-0.05, 0) is 42.7 Å². The van der Waals surface area contributed by atoms with E-state index in [2.05, 4.69) is 10.6 Å². The molecular weight excluding hydrogens is 508 g/mol. The minimum atomic E-state index is -1.76. The van der Waals surface area contributed by atoms with Crippen molar-refractivity contribution in [3.63, 3.8) is 0 Å². The van der Waals surface area contributed by atoms with E-state index in [0.717, 1.165) is 10.6 Å². The average Bonchev–Trinajstić information content (AvgIpc) is 3.33. The van der Waals surface area contributed by atoms with E-state index in [4.69, 9.17) is 11.6 Å². The zero-order chi connectivity index (χ0) is 26.0. The van der Waals surface area contributed by atoms with E-state index in [0.29, 0.717) is 5.75 Å². The molecule has 2 fully saturated rings. The van der Waals surface area contributed by atoms with Crippen LogP contribution in [0.4, 0.5) is 11.4 Å². The number of halogens is 1. The van der Waals surface area contributed by atoms with Gasteiger partial charge >= 0.3 is 5.97 Å². The van der Waals surface area contributed by atoms with Gasteiger partial charge in [0.25, 0.3) is 5.69 Å². The van der Waals surface area contributed by atoms with Crippen LogP contribution in [-0.4, -0.2) is 63.4 Å². The first-order chi connectivity index (χ1) is 17.2. The summed E-state index contributed by atoms with van der Waals surface area (Å²) in [5.41, 5.74) is -1.17. The van der Waals surface area contributed by atoms with E-state index < -0.39 is 46.1 Å². The lowest BCUT2D eigenvalue weighted by atomic mass is 9.78. The molecule has 36 heavy (non-hydrogen) atoms. The number of nitro benzene ring substituents is 1. The number of nitrogens with one attached hydrogen (secondary N) is 2. The Hall–Kier alpha value is -3.15. The Balaban J connectivity index is 1.72. The van der Waals surface area contributed by atoms with Crippen LogP contribution in [-0.2, 0) is 14.4 Å². The molecular formula is C24H25ClN4O6S. The summed E-state index contributed by atoms with van der Waals surface area (Å²) in [4.78, 5) is 52.1. The van der Waals surface area contributed by atoms with Crippen LogP contribution in [0.15, 0.2) is 48.5 Å². The first kappa shape index (κ1) is 25.9. The number of para-hydroxylation sites is 1. The standard InChI is InChI=1S/C24H25ClN4O6S/c1-36-12-9-24(23(32)33)19-18(20(27-24)16-13-14(25)7-8-17(16)29(34)35)21(30)28(22(19)31)11-10-26-15-5-3-2-4-6-15/h2-8,13,18-20,26-27H,9-12H2,1H3,(H,32,33). The molecule has 190 valence electrons. The highest BCUT2D eigenvalue weighted by Crippen LogP contribution is 2.51. The van der Waals surface area contributed by atoms with Crippen molar-refractivity contribution in [2.45, 2.75) is 18.0 Å². The Morgan fingerprint density at radius 2 is 1.97 bits per heavy atom. The van der Waals surface area contributed by atoms with E-state index in [9.17, 15) is 29.6 Å². The first-order valence-corrected chi connectivity index (χ1v) is 13.1. The van der Waals surface area contributed by atoms with Crippen LogP contribution in [0.25, 0.3) is 0 Å². The van der Waals surface area contributed by atoms with Crippen molar-refractivity contribution < 1.29 is 24.4 Å². The van der Waals surface area contributed by atoms with E-state index in [-0.39, 0.29) is 35.8 Å².